The normalized spacial score (nSPS) is 14.1. The minimum absolute atomic E-state index is 0.173. The molecule has 7 heteroatoms. The third-order valence-corrected chi connectivity index (χ3v) is 3.08. The van der Waals surface area contributed by atoms with E-state index in [0.717, 1.165) is 10.0 Å². The summed E-state index contributed by atoms with van der Waals surface area (Å²) in [4.78, 5) is 11.5. The zero-order valence-corrected chi connectivity index (χ0v) is 13.1. The van der Waals surface area contributed by atoms with Gasteiger partial charge in [-0.15, -0.1) is 5.17 Å². The lowest BCUT2D eigenvalue weighted by molar-refractivity contribution is -0.195. The maximum Gasteiger partial charge on any atom is 0.339 e. The van der Waals surface area contributed by atoms with Crippen LogP contribution in [0.25, 0.3) is 0 Å². The smallest absolute Gasteiger partial charge is 0.339 e. The molecule has 20 heavy (non-hydrogen) atoms. The van der Waals surface area contributed by atoms with Crippen molar-refractivity contribution >= 4 is 21.9 Å². The molecule has 0 aliphatic heterocycles. The van der Waals surface area contributed by atoms with Gasteiger partial charge in [-0.25, -0.2) is 10.2 Å². The number of ether oxygens (including phenoxy) is 1. The second kappa shape index (κ2) is 7.70. The van der Waals surface area contributed by atoms with Gasteiger partial charge < -0.3 is 9.84 Å². The van der Waals surface area contributed by atoms with Gasteiger partial charge in [0, 0.05) is 11.0 Å². The van der Waals surface area contributed by atoms with E-state index in [1.807, 2.05) is 24.3 Å². The lowest BCUT2D eigenvalue weighted by Gasteiger charge is -2.25. The van der Waals surface area contributed by atoms with Gasteiger partial charge in [0.25, 0.3) is 0 Å². The maximum atomic E-state index is 11.5. The Morgan fingerprint density at radius 2 is 2.05 bits per heavy atom. The van der Waals surface area contributed by atoms with Crippen LogP contribution in [-0.2, 0) is 16.1 Å². The van der Waals surface area contributed by atoms with Crippen LogP contribution in [-0.4, -0.2) is 40.2 Å². The number of hydrogen-bond donors (Lipinski definition) is 3. The molecule has 112 valence electrons. The van der Waals surface area contributed by atoms with Crippen molar-refractivity contribution in [3.05, 3.63) is 34.3 Å². The summed E-state index contributed by atoms with van der Waals surface area (Å²) in [5.74, 6) is -0.774. The summed E-state index contributed by atoms with van der Waals surface area (Å²) in [7, 11) is 0. The molecule has 0 aliphatic carbocycles. The van der Waals surface area contributed by atoms with E-state index in [-0.39, 0.29) is 13.2 Å². The van der Waals surface area contributed by atoms with Crippen LogP contribution in [0.3, 0.4) is 0 Å². The van der Waals surface area contributed by atoms with Crippen LogP contribution in [0.15, 0.2) is 28.7 Å². The molecule has 1 rings (SSSR count). The molecule has 0 aromatic heterocycles. The van der Waals surface area contributed by atoms with Crippen LogP contribution >= 0.6 is 15.9 Å². The molecule has 0 saturated carbocycles. The van der Waals surface area contributed by atoms with Crippen molar-refractivity contribution in [3.63, 3.8) is 0 Å². The zero-order valence-electron chi connectivity index (χ0n) is 11.5. The van der Waals surface area contributed by atoms with Gasteiger partial charge in [0.2, 0.25) is 0 Å². The highest BCUT2D eigenvalue weighted by atomic mass is 79.9. The first-order valence-corrected chi connectivity index (χ1v) is 6.98. The van der Waals surface area contributed by atoms with E-state index in [2.05, 4.69) is 21.4 Å². The minimum atomic E-state index is -1.78. The van der Waals surface area contributed by atoms with Crippen molar-refractivity contribution in [1.29, 1.82) is 0 Å². The van der Waals surface area contributed by atoms with Gasteiger partial charge in [-0.1, -0.05) is 28.1 Å². The predicted molar refractivity (Wildman–Crippen MR) is 76.7 cm³/mol. The van der Waals surface area contributed by atoms with Crippen molar-refractivity contribution in [2.75, 3.05) is 13.2 Å². The number of benzene rings is 1. The maximum absolute atomic E-state index is 11.5. The van der Waals surface area contributed by atoms with Crippen molar-refractivity contribution < 1.29 is 19.8 Å². The summed E-state index contributed by atoms with van der Waals surface area (Å²) in [5.41, 5.74) is 1.84. The molecule has 3 N–H and O–H groups in total. The molecule has 0 aliphatic rings. The van der Waals surface area contributed by atoms with E-state index >= 15 is 0 Å². The Morgan fingerprint density at radius 1 is 1.45 bits per heavy atom. The fourth-order valence-electron chi connectivity index (χ4n) is 1.48. The van der Waals surface area contributed by atoms with Crippen molar-refractivity contribution in [3.8, 4) is 0 Å². The van der Waals surface area contributed by atoms with Gasteiger partial charge in [-0.2, -0.15) is 0 Å². The van der Waals surface area contributed by atoms with Crippen LogP contribution < -0.4 is 5.43 Å². The standard InChI is InChI=1S/C13H19BrN2O4/c1-3-20-12(17)13(2,18)9-16(19)15-8-10-4-6-11(14)7-5-10/h4-7,15,18-19H,3,8-9H2,1-2H3. The Balaban J connectivity index is 2.44. The molecule has 1 aromatic rings. The predicted octanol–water partition coefficient (Wildman–Crippen LogP) is 1.46. The van der Waals surface area contributed by atoms with E-state index in [9.17, 15) is 15.1 Å². The molecule has 0 spiro atoms. The molecular formula is C13H19BrN2O4. The summed E-state index contributed by atoms with van der Waals surface area (Å²) >= 11 is 3.33. The molecule has 1 atom stereocenters. The summed E-state index contributed by atoms with van der Waals surface area (Å²) in [6.45, 7) is 3.17. The molecule has 0 heterocycles. The van der Waals surface area contributed by atoms with Gasteiger partial charge in [0.05, 0.1) is 13.2 Å². The minimum Gasteiger partial charge on any atom is -0.464 e. The Bertz CT molecular complexity index is 437. The number of hydroxylamine groups is 1. The quantitative estimate of drug-likeness (QED) is 0.512. The van der Waals surface area contributed by atoms with Crippen LogP contribution in [0.5, 0.6) is 0 Å². The van der Waals surface area contributed by atoms with E-state index < -0.39 is 11.6 Å². The van der Waals surface area contributed by atoms with Gasteiger partial charge >= 0.3 is 5.97 Å². The highest BCUT2D eigenvalue weighted by molar-refractivity contribution is 9.10. The average Bonchev–Trinajstić information content (AvgIpc) is 2.38. The second-order valence-electron chi connectivity index (χ2n) is 4.51. The third-order valence-electron chi connectivity index (χ3n) is 2.55. The Morgan fingerprint density at radius 3 is 2.60 bits per heavy atom. The largest absolute Gasteiger partial charge is 0.464 e. The van der Waals surface area contributed by atoms with Crippen LogP contribution in [0.4, 0.5) is 0 Å². The second-order valence-corrected chi connectivity index (χ2v) is 5.43. The van der Waals surface area contributed by atoms with E-state index in [4.69, 9.17) is 4.74 Å². The summed E-state index contributed by atoms with van der Waals surface area (Å²) in [5, 5.41) is 20.2. The van der Waals surface area contributed by atoms with Gasteiger partial charge in [0.15, 0.2) is 5.60 Å². The first-order valence-electron chi connectivity index (χ1n) is 6.19. The zero-order chi connectivity index (χ0) is 15.2. The highest BCUT2D eigenvalue weighted by Gasteiger charge is 2.34. The Kier molecular flexibility index (Phi) is 6.57. The lowest BCUT2D eigenvalue weighted by atomic mass is 10.1. The number of nitrogens with one attached hydrogen (secondary N) is 1. The van der Waals surface area contributed by atoms with Gasteiger partial charge in [0.1, 0.15) is 0 Å². The number of hydrazine groups is 1. The lowest BCUT2D eigenvalue weighted by Crippen LogP contribution is -2.50. The van der Waals surface area contributed by atoms with Crippen molar-refractivity contribution in [2.24, 2.45) is 0 Å². The summed E-state index contributed by atoms with van der Waals surface area (Å²) in [6.07, 6.45) is 0. The fraction of sp³-hybridized carbons (Fsp3) is 0.462. The van der Waals surface area contributed by atoms with Crippen LogP contribution in [0.2, 0.25) is 0 Å². The SMILES string of the molecule is CCOC(=O)C(C)(O)CN(O)NCc1ccc(Br)cc1. The van der Waals surface area contributed by atoms with Crippen LogP contribution in [0, 0.1) is 0 Å². The number of halogens is 1. The number of rotatable bonds is 7. The summed E-state index contributed by atoms with van der Waals surface area (Å²) in [6, 6.07) is 7.53. The molecule has 0 saturated heterocycles. The van der Waals surface area contributed by atoms with E-state index in [1.165, 1.54) is 6.92 Å². The van der Waals surface area contributed by atoms with Crippen molar-refractivity contribution in [2.45, 2.75) is 26.0 Å². The molecular weight excluding hydrogens is 328 g/mol. The molecule has 0 amide bonds. The first-order chi connectivity index (χ1) is 9.35. The number of esters is 1. The van der Waals surface area contributed by atoms with Crippen LogP contribution in [0.1, 0.15) is 19.4 Å². The number of carbonyl (C=O) groups is 1. The Hall–Kier alpha value is -0.990. The Labute approximate surface area is 126 Å². The number of nitrogens with zero attached hydrogens (tertiary/aromatic N) is 1. The topological polar surface area (TPSA) is 82.0 Å². The third kappa shape index (κ3) is 5.56. The van der Waals surface area contributed by atoms with Gasteiger partial charge in [-0.3, -0.25) is 5.21 Å². The molecule has 0 bridgehead atoms. The molecule has 6 nitrogen and oxygen atoms in total. The fourth-order valence-corrected chi connectivity index (χ4v) is 1.75. The molecule has 1 unspecified atom stereocenters. The molecule has 0 radical (unpaired) electrons. The molecule has 0 fully saturated rings. The molecule has 1 aromatic carbocycles. The number of carbonyl (C=O) groups excluding carboxylic acids is 1. The van der Waals surface area contributed by atoms with Crippen molar-refractivity contribution in [1.82, 2.24) is 10.6 Å². The van der Waals surface area contributed by atoms with E-state index in [1.54, 1.807) is 6.92 Å². The van der Waals surface area contributed by atoms with E-state index in [0.29, 0.717) is 11.7 Å². The summed E-state index contributed by atoms with van der Waals surface area (Å²) < 4.78 is 5.69. The monoisotopic (exact) mass is 346 g/mol. The first kappa shape index (κ1) is 17.1. The number of hydrogen-bond acceptors (Lipinski definition) is 6. The average molecular weight is 347 g/mol. The highest BCUT2D eigenvalue weighted by Crippen LogP contribution is 2.11. The van der Waals surface area contributed by atoms with Gasteiger partial charge in [-0.05, 0) is 31.5 Å². The number of aliphatic hydroxyl groups is 1.